The molecule has 0 amide bonds. The van der Waals surface area contributed by atoms with Gasteiger partial charge in [0.05, 0.1) is 0 Å². The predicted molar refractivity (Wildman–Crippen MR) is 18.9 cm³/mol. The Kier molecular flexibility index (Phi) is 3.47. The zero-order valence-corrected chi connectivity index (χ0v) is 5.62. The summed E-state index contributed by atoms with van der Waals surface area (Å²) in [5.74, 6) is 0. The van der Waals surface area contributed by atoms with Crippen molar-refractivity contribution in [2.45, 2.75) is 0 Å². The SMILES string of the molecule is F[C](F)=[Ru]([Cl])[Cl]. The van der Waals surface area contributed by atoms with Crippen LogP contribution in [0.2, 0.25) is 0 Å². The molecule has 0 aliphatic rings. The van der Waals surface area contributed by atoms with Gasteiger partial charge in [0.1, 0.15) is 0 Å². The van der Waals surface area contributed by atoms with Gasteiger partial charge in [-0.15, -0.1) is 0 Å². The fourth-order valence-electron chi connectivity index (χ4n) is 0. The summed E-state index contributed by atoms with van der Waals surface area (Å²) < 4.78 is 19.9. The van der Waals surface area contributed by atoms with Crippen molar-refractivity contribution < 1.29 is 22.3 Å². The van der Waals surface area contributed by atoms with E-state index in [2.05, 4.69) is 0 Å². The molecule has 0 nitrogen and oxygen atoms in total. The number of halogens is 4. The van der Waals surface area contributed by atoms with E-state index >= 15 is 0 Å². The average Bonchev–Trinajstić information content (AvgIpc) is 1.36. The van der Waals surface area contributed by atoms with Crippen molar-refractivity contribution in [2.24, 2.45) is 0 Å². The summed E-state index contributed by atoms with van der Waals surface area (Å²) in [6.07, 6.45) is 0. The predicted octanol–water partition coefficient (Wildman–Crippen LogP) is 1.94. The normalized spacial score (nSPS) is 11.0. The van der Waals surface area contributed by atoms with Crippen LogP contribution in [0.4, 0.5) is 8.78 Å². The van der Waals surface area contributed by atoms with Crippen LogP contribution in [0.1, 0.15) is 0 Å². The Morgan fingerprint density at radius 1 is 1.33 bits per heavy atom. The average molecular weight is 222 g/mol. The zero-order valence-electron chi connectivity index (χ0n) is 2.37. The van der Waals surface area contributed by atoms with Crippen molar-refractivity contribution in [3.8, 4) is 0 Å². The molecule has 0 saturated carbocycles. The maximum absolute atomic E-state index is 10.9. The minimum absolute atomic E-state index is 1.82. The molecule has 0 aliphatic carbocycles. The molecule has 6 heavy (non-hydrogen) atoms. The van der Waals surface area contributed by atoms with Gasteiger partial charge < -0.3 is 0 Å². The van der Waals surface area contributed by atoms with Crippen molar-refractivity contribution in [3.63, 3.8) is 0 Å². The first-order valence-corrected chi connectivity index (χ1v) is 6.17. The van der Waals surface area contributed by atoms with Crippen LogP contribution in [0.15, 0.2) is 0 Å². The molecule has 0 N–H and O–H groups in total. The third kappa shape index (κ3) is 3.14. The van der Waals surface area contributed by atoms with E-state index in [1.165, 1.54) is 0 Å². The number of rotatable bonds is 0. The molecule has 0 unspecified atom stereocenters. The molecule has 0 atom stereocenters. The van der Waals surface area contributed by atoms with Gasteiger partial charge >= 0.3 is 46.3 Å². The van der Waals surface area contributed by atoms with Crippen LogP contribution in [0.25, 0.3) is 0 Å². The van der Waals surface area contributed by atoms with Gasteiger partial charge in [0.2, 0.25) is 0 Å². The second-order valence-corrected chi connectivity index (χ2v) is 5.92. The summed E-state index contributed by atoms with van der Waals surface area (Å²) in [4.78, 5) is 0. The van der Waals surface area contributed by atoms with E-state index in [0.29, 0.717) is 0 Å². The first kappa shape index (κ1) is 6.93. The topological polar surface area (TPSA) is 0 Å². The summed E-state index contributed by atoms with van der Waals surface area (Å²) >= 11 is -2.75. The Bertz CT molecular complexity index is 61.6. The Hall–Kier alpha value is 0.933. The molecule has 5 heteroatoms. The summed E-state index contributed by atoms with van der Waals surface area (Å²) in [5.41, 5.74) is 0. The molecule has 0 aromatic carbocycles. The van der Waals surface area contributed by atoms with Crippen molar-refractivity contribution >= 4 is 24.0 Å². The fourth-order valence-corrected chi connectivity index (χ4v) is 0. The minimum atomic E-state index is -2.75. The first-order valence-electron chi connectivity index (χ1n) is 0.822. The molecular formula is CCl2F2Ru. The van der Waals surface area contributed by atoms with Crippen LogP contribution in [0.3, 0.4) is 0 Å². The van der Waals surface area contributed by atoms with E-state index in [1.54, 1.807) is 0 Å². The molecule has 0 aromatic rings. The van der Waals surface area contributed by atoms with E-state index in [4.69, 9.17) is 19.4 Å². The monoisotopic (exact) mass is 222 g/mol. The van der Waals surface area contributed by atoms with Crippen LogP contribution < -0.4 is 0 Å². The summed E-state index contributed by atoms with van der Waals surface area (Å²) in [6.45, 7) is 0. The molecule has 0 heterocycles. The second kappa shape index (κ2) is 3.00. The van der Waals surface area contributed by atoms with Gasteiger partial charge in [-0.1, -0.05) is 0 Å². The molecule has 0 rings (SSSR count). The quantitative estimate of drug-likeness (QED) is 0.549. The van der Waals surface area contributed by atoms with Crippen LogP contribution >= 0.6 is 19.4 Å². The summed E-state index contributed by atoms with van der Waals surface area (Å²) in [6, 6.07) is 0. The van der Waals surface area contributed by atoms with Crippen LogP contribution in [-0.4, -0.2) is 4.61 Å². The van der Waals surface area contributed by atoms with Gasteiger partial charge in [-0.25, -0.2) is 0 Å². The van der Waals surface area contributed by atoms with E-state index in [9.17, 15) is 8.78 Å². The molecule has 0 spiro atoms. The molecule has 0 aliphatic heterocycles. The number of hydrogen-bond donors (Lipinski definition) is 0. The number of hydrogen-bond acceptors (Lipinski definition) is 0. The Morgan fingerprint density at radius 3 is 1.50 bits per heavy atom. The van der Waals surface area contributed by atoms with Crippen LogP contribution in [0.5, 0.6) is 0 Å². The summed E-state index contributed by atoms with van der Waals surface area (Å²) in [5, 5.41) is 0. The van der Waals surface area contributed by atoms with E-state index in [-0.39, 0.29) is 0 Å². The second-order valence-electron chi connectivity index (χ2n) is 0.389. The molecule has 0 radical (unpaired) electrons. The first-order chi connectivity index (χ1) is 2.64. The molecule has 0 saturated heterocycles. The molecule has 0 bridgehead atoms. The van der Waals surface area contributed by atoms with Crippen molar-refractivity contribution in [1.82, 2.24) is 0 Å². The van der Waals surface area contributed by atoms with Crippen molar-refractivity contribution in [3.05, 3.63) is 0 Å². The van der Waals surface area contributed by atoms with Gasteiger partial charge in [-0.3, -0.25) is 0 Å². The Morgan fingerprint density at radius 2 is 1.50 bits per heavy atom. The van der Waals surface area contributed by atoms with E-state index in [0.717, 1.165) is 0 Å². The third-order valence-electron chi connectivity index (χ3n) is 0.101. The molecule has 0 fully saturated rings. The van der Waals surface area contributed by atoms with Crippen molar-refractivity contribution in [2.75, 3.05) is 0 Å². The van der Waals surface area contributed by atoms with Gasteiger partial charge in [-0.2, -0.15) is 0 Å². The van der Waals surface area contributed by atoms with E-state index in [1.807, 2.05) is 0 Å². The van der Waals surface area contributed by atoms with Crippen molar-refractivity contribution in [1.29, 1.82) is 0 Å². The van der Waals surface area contributed by atoms with Gasteiger partial charge in [0, 0.05) is 0 Å². The fraction of sp³-hybridized carbons (Fsp3) is 0. The van der Waals surface area contributed by atoms with Gasteiger partial charge in [0.25, 0.3) is 0 Å². The zero-order chi connectivity index (χ0) is 5.15. The van der Waals surface area contributed by atoms with Crippen LogP contribution in [0, 0.1) is 0 Å². The Balaban J connectivity index is 3.68. The van der Waals surface area contributed by atoms with E-state index < -0.39 is 18.1 Å². The molecular weight excluding hydrogens is 222 g/mol. The standard InChI is InChI=1S/CF2.2ClH.Ru/c2-1-3;;;/h;2*1H;/q;;;+2/p-2. The maximum atomic E-state index is 10.9. The van der Waals surface area contributed by atoms with Crippen LogP contribution in [-0.2, 0) is 13.5 Å². The van der Waals surface area contributed by atoms with Gasteiger partial charge in [-0.05, 0) is 0 Å². The third-order valence-corrected chi connectivity index (χ3v) is 1.79. The molecule has 0 aromatic heterocycles. The Labute approximate surface area is 46.6 Å². The van der Waals surface area contributed by atoms with Gasteiger partial charge in [0.15, 0.2) is 0 Å². The molecule has 40 valence electrons. The summed E-state index contributed by atoms with van der Waals surface area (Å²) in [7, 11) is 9.47.